The molecule has 5 heteroatoms. The van der Waals surface area contributed by atoms with Crippen LogP contribution in [-0.2, 0) is 13.6 Å². The van der Waals surface area contributed by atoms with Crippen LogP contribution in [0.15, 0.2) is 0 Å². The Hall–Kier alpha value is -1.07. The zero-order chi connectivity index (χ0) is 14.3. The van der Waals surface area contributed by atoms with Gasteiger partial charge in [0.05, 0.1) is 5.69 Å². The highest BCUT2D eigenvalue weighted by atomic mass is 15.4. The Morgan fingerprint density at radius 3 is 2.65 bits per heavy atom. The maximum absolute atomic E-state index is 4.66. The van der Waals surface area contributed by atoms with E-state index in [4.69, 9.17) is 0 Å². The van der Waals surface area contributed by atoms with E-state index < -0.39 is 0 Å². The van der Waals surface area contributed by atoms with Gasteiger partial charge in [0.2, 0.25) is 0 Å². The molecular weight excluding hydrogens is 250 g/mol. The van der Waals surface area contributed by atoms with Crippen LogP contribution in [-0.4, -0.2) is 53.4 Å². The lowest BCUT2D eigenvalue weighted by Crippen LogP contribution is -2.51. The van der Waals surface area contributed by atoms with Crippen molar-refractivity contribution in [1.82, 2.24) is 20.0 Å². The van der Waals surface area contributed by atoms with Crippen molar-refractivity contribution in [3.05, 3.63) is 11.3 Å². The molecule has 20 heavy (non-hydrogen) atoms. The Balaban J connectivity index is 1.83. The van der Waals surface area contributed by atoms with Crippen LogP contribution in [0.5, 0.6) is 0 Å². The zero-order valence-electron chi connectivity index (χ0n) is 13.2. The molecule has 112 valence electrons. The van der Waals surface area contributed by atoms with Gasteiger partial charge in [-0.25, -0.2) is 0 Å². The number of piperazine rings is 1. The van der Waals surface area contributed by atoms with Crippen molar-refractivity contribution in [2.45, 2.75) is 45.3 Å². The molecule has 1 aromatic rings. The molecule has 0 radical (unpaired) electrons. The molecule has 1 aromatic heterocycles. The summed E-state index contributed by atoms with van der Waals surface area (Å²) in [5.41, 5.74) is 2.55. The predicted octanol–water partition coefficient (Wildman–Crippen LogP) is 1.12. The first-order valence-electron chi connectivity index (χ1n) is 7.77. The van der Waals surface area contributed by atoms with E-state index in [1.165, 1.54) is 29.9 Å². The van der Waals surface area contributed by atoms with Crippen molar-refractivity contribution < 1.29 is 0 Å². The minimum absolute atomic E-state index is 0.545. The topological polar surface area (TPSA) is 36.3 Å². The summed E-state index contributed by atoms with van der Waals surface area (Å²) >= 11 is 0. The summed E-state index contributed by atoms with van der Waals surface area (Å²) in [5.74, 6) is 1.32. The van der Waals surface area contributed by atoms with Crippen LogP contribution in [0, 0.1) is 6.92 Å². The smallest absolute Gasteiger partial charge is 0.131 e. The summed E-state index contributed by atoms with van der Waals surface area (Å²) in [6.45, 7) is 8.75. The van der Waals surface area contributed by atoms with Crippen LogP contribution in [0.25, 0.3) is 0 Å². The minimum Gasteiger partial charge on any atom is -0.351 e. The summed E-state index contributed by atoms with van der Waals surface area (Å²) in [6, 6.07) is 1.29. The van der Waals surface area contributed by atoms with Gasteiger partial charge in [-0.2, -0.15) is 5.10 Å². The molecule has 1 aliphatic heterocycles. The standard InChI is InChI=1S/C15H27N5/c1-11-10-18(3)7-8-20(11)15-14(9-16-13-5-6-13)12(2)17-19(15)4/h11,13,16H,5-10H2,1-4H3. The quantitative estimate of drug-likeness (QED) is 0.895. The van der Waals surface area contributed by atoms with Gasteiger partial charge in [-0.3, -0.25) is 4.68 Å². The van der Waals surface area contributed by atoms with Crippen molar-refractivity contribution in [2.24, 2.45) is 7.05 Å². The molecule has 5 nitrogen and oxygen atoms in total. The molecule has 1 aliphatic carbocycles. The molecule has 1 saturated carbocycles. The van der Waals surface area contributed by atoms with Gasteiger partial charge < -0.3 is 15.1 Å². The first kappa shape index (κ1) is 13.9. The number of aromatic nitrogens is 2. The molecule has 0 aromatic carbocycles. The molecule has 1 saturated heterocycles. The fourth-order valence-corrected chi connectivity index (χ4v) is 3.24. The minimum atomic E-state index is 0.545. The van der Waals surface area contributed by atoms with Gasteiger partial charge in [0.1, 0.15) is 5.82 Å². The van der Waals surface area contributed by atoms with Gasteiger partial charge in [-0.1, -0.05) is 0 Å². The number of rotatable bonds is 4. The van der Waals surface area contributed by atoms with Crippen molar-refractivity contribution >= 4 is 5.82 Å². The molecule has 0 amide bonds. The van der Waals surface area contributed by atoms with Crippen LogP contribution in [0.3, 0.4) is 0 Å². The molecule has 2 aliphatic rings. The molecule has 2 heterocycles. The number of nitrogens with one attached hydrogen (secondary N) is 1. The third-order valence-corrected chi connectivity index (χ3v) is 4.56. The number of hydrogen-bond acceptors (Lipinski definition) is 4. The number of nitrogens with zero attached hydrogens (tertiary/aromatic N) is 4. The Bertz CT molecular complexity index is 477. The second-order valence-electron chi connectivity index (χ2n) is 6.47. The fourth-order valence-electron chi connectivity index (χ4n) is 3.24. The van der Waals surface area contributed by atoms with E-state index in [1.807, 2.05) is 0 Å². The third kappa shape index (κ3) is 2.69. The van der Waals surface area contributed by atoms with Crippen LogP contribution >= 0.6 is 0 Å². The largest absolute Gasteiger partial charge is 0.351 e. The lowest BCUT2D eigenvalue weighted by molar-refractivity contribution is 0.273. The molecule has 1 N–H and O–H groups in total. The predicted molar refractivity (Wildman–Crippen MR) is 82.1 cm³/mol. The lowest BCUT2D eigenvalue weighted by atomic mass is 10.1. The summed E-state index contributed by atoms with van der Waals surface area (Å²) in [6.07, 6.45) is 2.67. The van der Waals surface area contributed by atoms with Gasteiger partial charge in [0.25, 0.3) is 0 Å². The van der Waals surface area contributed by atoms with Gasteiger partial charge in [-0.05, 0) is 33.7 Å². The van der Waals surface area contributed by atoms with E-state index in [2.05, 4.69) is 52.8 Å². The van der Waals surface area contributed by atoms with Gasteiger partial charge in [0.15, 0.2) is 0 Å². The van der Waals surface area contributed by atoms with E-state index in [-0.39, 0.29) is 0 Å². The molecular formula is C15H27N5. The highest BCUT2D eigenvalue weighted by molar-refractivity contribution is 5.51. The molecule has 1 atom stereocenters. The number of hydrogen-bond donors (Lipinski definition) is 1. The maximum Gasteiger partial charge on any atom is 0.131 e. The van der Waals surface area contributed by atoms with Crippen LogP contribution in [0.2, 0.25) is 0 Å². The van der Waals surface area contributed by atoms with Crippen LogP contribution in [0.1, 0.15) is 31.0 Å². The van der Waals surface area contributed by atoms with E-state index in [1.54, 1.807) is 0 Å². The highest BCUT2D eigenvalue weighted by Gasteiger charge is 2.28. The van der Waals surface area contributed by atoms with Crippen molar-refractivity contribution in [1.29, 1.82) is 0 Å². The third-order valence-electron chi connectivity index (χ3n) is 4.56. The van der Waals surface area contributed by atoms with Gasteiger partial charge in [-0.15, -0.1) is 0 Å². The SMILES string of the molecule is Cc1nn(C)c(N2CCN(C)CC2C)c1CNC1CC1. The Morgan fingerprint density at radius 2 is 2.00 bits per heavy atom. The van der Waals surface area contributed by atoms with Gasteiger partial charge >= 0.3 is 0 Å². The zero-order valence-corrected chi connectivity index (χ0v) is 13.2. The summed E-state index contributed by atoms with van der Waals surface area (Å²) in [7, 11) is 4.28. The molecule has 1 unspecified atom stereocenters. The highest BCUT2D eigenvalue weighted by Crippen LogP contribution is 2.28. The fraction of sp³-hybridized carbons (Fsp3) is 0.800. The first-order valence-corrected chi connectivity index (χ1v) is 7.77. The molecule has 2 fully saturated rings. The number of anilines is 1. The average Bonchev–Trinajstić information content (AvgIpc) is 3.15. The van der Waals surface area contributed by atoms with E-state index >= 15 is 0 Å². The van der Waals surface area contributed by atoms with Crippen molar-refractivity contribution in [3.8, 4) is 0 Å². The van der Waals surface area contributed by atoms with Gasteiger partial charge in [0, 0.05) is 50.9 Å². The Morgan fingerprint density at radius 1 is 1.25 bits per heavy atom. The van der Waals surface area contributed by atoms with Crippen LogP contribution < -0.4 is 10.2 Å². The Labute approximate surface area is 121 Å². The van der Waals surface area contributed by atoms with E-state index in [0.29, 0.717) is 6.04 Å². The van der Waals surface area contributed by atoms with Crippen molar-refractivity contribution in [3.63, 3.8) is 0 Å². The monoisotopic (exact) mass is 277 g/mol. The summed E-state index contributed by atoms with van der Waals surface area (Å²) < 4.78 is 2.07. The molecule has 3 rings (SSSR count). The van der Waals surface area contributed by atoms with Crippen LogP contribution in [0.4, 0.5) is 5.82 Å². The second kappa shape index (κ2) is 5.37. The molecule has 0 bridgehead atoms. The summed E-state index contributed by atoms with van der Waals surface area (Å²) in [5, 5.41) is 8.30. The number of likely N-dealkylation sites (N-methyl/N-ethyl adjacent to an activating group) is 1. The number of aryl methyl sites for hydroxylation is 2. The molecule has 0 spiro atoms. The second-order valence-corrected chi connectivity index (χ2v) is 6.47. The van der Waals surface area contributed by atoms with Crippen molar-refractivity contribution in [2.75, 3.05) is 31.6 Å². The maximum atomic E-state index is 4.66. The Kier molecular flexibility index (Phi) is 3.73. The lowest BCUT2D eigenvalue weighted by Gasteiger charge is -2.40. The summed E-state index contributed by atoms with van der Waals surface area (Å²) in [4.78, 5) is 4.94. The normalized spacial score (nSPS) is 24.4. The first-order chi connectivity index (χ1) is 9.56. The van der Waals surface area contributed by atoms with E-state index in [9.17, 15) is 0 Å². The average molecular weight is 277 g/mol. The van der Waals surface area contributed by atoms with E-state index in [0.717, 1.165) is 32.2 Å².